The topological polar surface area (TPSA) is 46.3 Å². The Hall–Kier alpha value is -1.35. The first kappa shape index (κ1) is 15.7. The molecular weight excluding hydrogens is 236 g/mol. The lowest BCUT2D eigenvalue weighted by molar-refractivity contribution is -0.128. The molecule has 0 aliphatic carbocycles. The van der Waals surface area contributed by atoms with Crippen LogP contribution in [0.3, 0.4) is 0 Å². The number of carbonyl (C=O) groups excluding carboxylic acids is 1. The minimum Gasteiger partial charge on any atom is -0.340 e. The molecule has 2 N–H and O–H groups in total. The summed E-state index contributed by atoms with van der Waals surface area (Å²) in [5, 5.41) is 0. The highest BCUT2D eigenvalue weighted by Gasteiger charge is 2.17. The molecular formula is C16H26N2O. The van der Waals surface area contributed by atoms with Crippen molar-refractivity contribution >= 4 is 5.91 Å². The first-order valence-electron chi connectivity index (χ1n) is 6.71. The molecule has 3 heteroatoms. The van der Waals surface area contributed by atoms with E-state index in [9.17, 15) is 4.79 Å². The summed E-state index contributed by atoms with van der Waals surface area (Å²) in [6.45, 7) is 11.5. The Labute approximate surface area is 116 Å². The molecule has 0 saturated heterocycles. The van der Waals surface area contributed by atoms with Crippen LogP contribution in [0.2, 0.25) is 0 Å². The van der Waals surface area contributed by atoms with Crippen LogP contribution >= 0.6 is 0 Å². The second-order valence-corrected chi connectivity index (χ2v) is 6.29. The van der Waals surface area contributed by atoms with E-state index in [4.69, 9.17) is 5.73 Å². The number of rotatable bonds is 3. The highest BCUT2D eigenvalue weighted by Crippen LogP contribution is 2.27. The molecule has 1 amide bonds. The van der Waals surface area contributed by atoms with Crippen molar-refractivity contribution in [3.63, 3.8) is 0 Å². The summed E-state index contributed by atoms with van der Waals surface area (Å²) in [6.07, 6.45) is 0. The summed E-state index contributed by atoms with van der Waals surface area (Å²) in [5.74, 6) is -0.0290. The molecule has 0 heterocycles. The van der Waals surface area contributed by atoms with Crippen molar-refractivity contribution in [1.82, 2.24) is 4.90 Å². The molecule has 19 heavy (non-hydrogen) atoms. The summed E-state index contributed by atoms with van der Waals surface area (Å²) in [4.78, 5) is 13.3. The van der Waals surface area contributed by atoms with Gasteiger partial charge in [0.15, 0.2) is 0 Å². The molecule has 0 saturated carbocycles. The first-order valence-corrected chi connectivity index (χ1v) is 6.71. The zero-order valence-corrected chi connectivity index (χ0v) is 13.0. The lowest BCUT2D eigenvalue weighted by Crippen LogP contribution is -2.32. The zero-order valence-electron chi connectivity index (χ0n) is 13.0. The highest BCUT2D eigenvalue weighted by molar-refractivity contribution is 5.77. The summed E-state index contributed by atoms with van der Waals surface area (Å²) in [7, 11) is 1.80. The van der Waals surface area contributed by atoms with E-state index in [1.807, 2.05) is 0 Å². The molecule has 0 bridgehead atoms. The second kappa shape index (κ2) is 5.74. The SMILES string of the molecule is Cc1cc(C(C)(C)C)cc(C)c1CN(C)C(=O)CN. The van der Waals surface area contributed by atoms with Gasteiger partial charge in [0.05, 0.1) is 6.54 Å². The third-order valence-electron chi connectivity index (χ3n) is 3.56. The Kier molecular flexibility index (Phi) is 4.75. The molecule has 0 aliphatic rings. The number of hydrogen-bond donors (Lipinski definition) is 1. The number of likely N-dealkylation sites (N-methyl/N-ethyl adjacent to an activating group) is 1. The van der Waals surface area contributed by atoms with E-state index in [0.29, 0.717) is 6.54 Å². The van der Waals surface area contributed by atoms with Gasteiger partial charge in [0, 0.05) is 13.6 Å². The van der Waals surface area contributed by atoms with Crippen LogP contribution in [0, 0.1) is 13.8 Å². The fourth-order valence-electron chi connectivity index (χ4n) is 2.16. The van der Waals surface area contributed by atoms with Crippen LogP contribution in [0.5, 0.6) is 0 Å². The number of carbonyl (C=O) groups is 1. The van der Waals surface area contributed by atoms with Crippen molar-refractivity contribution in [1.29, 1.82) is 0 Å². The molecule has 106 valence electrons. The number of nitrogens with two attached hydrogens (primary N) is 1. The van der Waals surface area contributed by atoms with E-state index in [1.165, 1.54) is 22.3 Å². The third-order valence-corrected chi connectivity index (χ3v) is 3.56. The van der Waals surface area contributed by atoms with Crippen LogP contribution in [0.4, 0.5) is 0 Å². The average molecular weight is 262 g/mol. The fourth-order valence-corrected chi connectivity index (χ4v) is 2.16. The van der Waals surface area contributed by atoms with Crippen molar-refractivity contribution in [2.24, 2.45) is 5.73 Å². The van der Waals surface area contributed by atoms with Crippen LogP contribution in [-0.2, 0) is 16.8 Å². The van der Waals surface area contributed by atoms with E-state index in [1.54, 1.807) is 11.9 Å². The zero-order chi connectivity index (χ0) is 14.8. The van der Waals surface area contributed by atoms with E-state index < -0.39 is 0 Å². The Bertz CT molecular complexity index is 449. The number of aryl methyl sites for hydroxylation is 2. The van der Waals surface area contributed by atoms with Crippen molar-refractivity contribution in [2.75, 3.05) is 13.6 Å². The molecule has 0 fully saturated rings. The van der Waals surface area contributed by atoms with Crippen LogP contribution in [-0.4, -0.2) is 24.4 Å². The quantitative estimate of drug-likeness (QED) is 0.910. The van der Waals surface area contributed by atoms with Crippen LogP contribution in [0.1, 0.15) is 43.0 Å². The number of nitrogens with zero attached hydrogens (tertiary/aromatic N) is 1. The van der Waals surface area contributed by atoms with Gasteiger partial charge in [-0.05, 0) is 41.5 Å². The maximum absolute atomic E-state index is 11.6. The van der Waals surface area contributed by atoms with Gasteiger partial charge in [0.25, 0.3) is 0 Å². The maximum Gasteiger partial charge on any atom is 0.236 e. The minimum atomic E-state index is -0.0290. The molecule has 1 aromatic rings. The first-order chi connectivity index (χ1) is 8.66. The van der Waals surface area contributed by atoms with Crippen molar-refractivity contribution in [2.45, 2.75) is 46.6 Å². The Morgan fingerprint density at radius 1 is 1.21 bits per heavy atom. The number of amides is 1. The van der Waals surface area contributed by atoms with Gasteiger partial charge in [0.2, 0.25) is 5.91 Å². The van der Waals surface area contributed by atoms with Gasteiger partial charge >= 0.3 is 0 Å². The minimum absolute atomic E-state index is 0.0290. The molecule has 0 radical (unpaired) electrons. The van der Waals surface area contributed by atoms with Gasteiger partial charge in [-0.1, -0.05) is 32.9 Å². The van der Waals surface area contributed by atoms with Crippen molar-refractivity contribution < 1.29 is 4.79 Å². The molecule has 0 unspecified atom stereocenters. The Morgan fingerprint density at radius 3 is 2.05 bits per heavy atom. The molecule has 0 atom stereocenters. The molecule has 1 aromatic carbocycles. The fraction of sp³-hybridized carbons (Fsp3) is 0.562. The van der Waals surface area contributed by atoms with Gasteiger partial charge in [-0.3, -0.25) is 4.79 Å². The van der Waals surface area contributed by atoms with Crippen LogP contribution in [0.15, 0.2) is 12.1 Å². The van der Waals surface area contributed by atoms with E-state index >= 15 is 0 Å². The second-order valence-electron chi connectivity index (χ2n) is 6.29. The van der Waals surface area contributed by atoms with Crippen molar-refractivity contribution in [3.05, 3.63) is 34.4 Å². The number of hydrogen-bond acceptors (Lipinski definition) is 2. The smallest absolute Gasteiger partial charge is 0.236 e. The summed E-state index contributed by atoms with van der Waals surface area (Å²) in [6, 6.07) is 4.45. The van der Waals surface area contributed by atoms with Gasteiger partial charge < -0.3 is 10.6 Å². The summed E-state index contributed by atoms with van der Waals surface area (Å²) < 4.78 is 0. The molecule has 0 aromatic heterocycles. The van der Waals surface area contributed by atoms with Gasteiger partial charge in [-0.25, -0.2) is 0 Å². The normalized spacial score (nSPS) is 11.5. The molecule has 1 rings (SSSR count). The standard InChI is InChI=1S/C16H26N2O/c1-11-7-13(16(3,4)5)8-12(2)14(11)10-18(6)15(19)9-17/h7-8H,9-10,17H2,1-6H3. The lowest BCUT2D eigenvalue weighted by atomic mass is 9.84. The molecule has 3 nitrogen and oxygen atoms in total. The predicted octanol–water partition coefficient (Wildman–Crippen LogP) is 2.52. The number of benzene rings is 1. The largest absolute Gasteiger partial charge is 0.340 e. The summed E-state index contributed by atoms with van der Waals surface area (Å²) in [5.41, 5.74) is 10.6. The molecule has 0 spiro atoms. The monoisotopic (exact) mass is 262 g/mol. The van der Waals surface area contributed by atoms with Gasteiger partial charge in [0.1, 0.15) is 0 Å². The van der Waals surface area contributed by atoms with E-state index in [0.717, 1.165) is 0 Å². The molecule has 0 aliphatic heterocycles. The van der Waals surface area contributed by atoms with Crippen molar-refractivity contribution in [3.8, 4) is 0 Å². The highest BCUT2D eigenvalue weighted by atomic mass is 16.2. The maximum atomic E-state index is 11.6. The summed E-state index contributed by atoms with van der Waals surface area (Å²) >= 11 is 0. The van der Waals surface area contributed by atoms with E-state index in [2.05, 4.69) is 46.8 Å². The third kappa shape index (κ3) is 3.80. The van der Waals surface area contributed by atoms with Crippen LogP contribution in [0.25, 0.3) is 0 Å². The van der Waals surface area contributed by atoms with E-state index in [-0.39, 0.29) is 17.9 Å². The Morgan fingerprint density at radius 2 is 1.68 bits per heavy atom. The Balaban J connectivity index is 3.08. The van der Waals surface area contributed by atoms with Gasteiger partial charge in [-0.2, -0.15) is 0 Å². The van der Waals surface area contributed by atoms with Crippen LogP contribution < -0.4 is 5.73 Å². The lowest BCUT2D eigenvalue weighted by Gasteiger charge is -2.24. The predicted molar refractivity (Wildman–Crippen MR) is 80.1 cm³/mol. The average Bonchev–Trinajstić information content (AvgIpc) is 2.30. The van der Waals surface area contributed by atoms with Gasteiger partial charge in [-0.15, -0.1) is 0 Å².